The molecule has 1 aromatic rings. The Morgan fingerprint density at radius 2 is 2.21 bits per heavy atom. The highest BCUT2D eigenvalue weighted by atomic mass is 19.3. The molecule has 0 saturated heterocycles. The molecule has 0 aliphatic rings. The lowest BCUT2D eigenvalue weighted by Gasteiger charge is -2.16. The first-order valence-electron chi connectivity index (χ1n) is 6.03. The number of hydrogen-bond donors (Lipinski definition) is 2. The lowest BCUT2D eigenvalue weighted by Crippen LogP contribution is -2.35. The Labute approximate surface area is 110 Å². The molecule has 1 rings (SSSR count). The third-order valence-corrected chi connectivity index (χ3v) is 2.63. The Kier molecular flexibility index (Phi) is 6.21. The van der Waals surface area contributed by atoms with Crippen LogP contribution in [0.25, 0.3) is 0 Å². The van der Waals surface area contributed by atoms with E-state index in [0.717, 1.165) is 0 Å². The number of halogens is 2. The van der Waals surface area contributed by atoms with E-state index in [1.165, 1.54) is 24.3 Å². The van der Waals surface area contributed by atoms with Gasteiger partial charge in [0, 0.05) is 18.2 Å². The molecule has 19 heavy (non-hydrogen) atoms. The van der Waals surface area contributed by atoms with Crippen LogP contribution in [0.1, 0.15) is 30.1 Å². The molecular weight excluding hydrogens is 256 g/mol. The van der Waals surface area contributed by atoms with Crippen LogP contribution in [0.4, 0.5) is 8.78 Å². The van der Waals surface area contributed by atoms with E-state index in [2.05, 4.69) is 10.1 Å². The fraction of sp³-hybridized carbons (Fsp3) is 0.462. The largest absolute Gasteiger partial charge is 0.435 e. The van der Waals surface area contributed by atoms with E-state index in [-0.39, 0.29) is 29.9 Å². The number of hydrogen-bond acceptors (Lipinski definition) is 3. The summed E-state index contributed by atoms with van der Waals surface area (Å²) in [5.74, 6) is -0.433. The van der Waals surface area contributed by atoms with E-state index in [1.54, 1.807) is 0 Å². The van der Waals surface area contributed by atoms with Crippen molar-refractivity contribution in [1.29, 1.82) is 0 Å². The van der Waals surface area contributed by atoms with Crippen molar-refractivity contribution in [3.05, 3.63) is 29.8 Å². The Hall–Kier alpha value is -1.69. The average Bonchev–Trinajstić information content (AvgIpc) is 2.37. The van der Waals surface area contributed by atoms with Crippen LogP contribution in [0.15, 0.2) is 24.3 Å². The van der Waals surface area contributed by atoms with Gasteiger partial charge >= 0.3 is 6.61 Å². The molecular formula is C13H17F2NO3. The van der Waals surface area contributed by atoms with Gasteiger partial charge in [-0.3, -0.25) is 4.79 Å². The third kappa shape index (κ3) is 5.21. The SMILES string of the molecule is CCC(CCO)NC(=O)c1cccc(OC(F)F)c1. The molecule has 0 radical (unpaired) electrons. The zero-order valence-corrected chi connectivity index (χ0v) is 10.6. The van der Waals surface area contributed by atoms with Crippen molar-refractivity contribution in [2.24, 2.45) is 0 Å². The van der Waals surface area contributed by atoms with Crippen LogP contribution < -0.4 is 10.1 Å². The maximum absolute atomic E-state index is 12.1. The zero-order valence-electron chi connectivity index (χ0n) is 10.6. The first-order chi connectivity index (χ1) is 9.06. The summed E-state index contributed by atoms with van der Waals surface area (Å²) < 4.78 is 28.4. The minimum Gasteiger partial charge on any atom is -0.435 e. The molecule has 106 valence electrons. The summed E-state index contributed by atoms with van der Waals surface area (Å²) in [6, 6.07) is 5.46. The highest BCUT2D eigenvalue weighted by Gasteiger charge is 2.13. The predicted octanol–water partition coefficient (Wildman–Crippen LogP) is 2.18. The Bertz CT molecular complexity index is 413. The minimum absolute atomic E-state index is 0.0205. The molecule has 1 unspecified atom stereocenters. The number of aliphatic hydroxyl groups excluding tert-OH is 1. The van der Waals surface area contributed by atoms with Crippen molar-refractivity contribution in [2.45, 2.75) is 32.4 Å². The van der Waals surface area contributed by atoms with E-state index in [4.69, 9.17) is 5.11 Å². The predicted molar refractivity (Wildman–Crippen MR) is 66.3 cm³/mol. The van der Waals surface area contributed by atoms with Gasteiger partial charge in [-0.25, -0.2) is 0 Å². The van der Waals surface area contributed by atoms with Crippen molar-refractivity contribution in [3.63, 3.8) is 0 Å². The first-order valence-corrected chi connectivity index (χ1v) is 6.03. The van der Waals surface area contributed by atoms with Crippen molar-refractivity contribution in [1.82, 2.24) is 5.32 Å². The van der Waals surface area contributed by atoms with E-state index in [9.17, 15) is 13.6 Å². The molecule has 0 aliphatic heterocycles. The molecule has 0 bridgehead atoms. The first kappa shape index (κ1) is 15.4. The highest BCUT2D eigenvalue weighted by Crippen LogP contribution is 2.16. The van der Waals surface area contributed by atoms with Gasteiger partial charge in [-0.15, -0.1) is 0 Å². The molecule has 0 spiro atoms. The van der Waals surface area contributed by atoms with E-state index in [0.29, 0.717) is 12.8 Å². The normalized spacial score (nSPS) is 12.3. The summed E-state index contributed by atoms with van der Waals surface area (Å²) in [5, 5.41) is 11.6. The minimum atomic E-state index is -2.92. The monoisotopic (exact) mass is 273 g/mol. The second-order valence-corrected chi connectivity index (χ2v) is 4.00. The topological polar surface area (TPSA) is 58.6 Å². The van der Waals surface area contributed by atoms with Gasteiger partial charge in [0.2, 0.25) is 0 Å². The van der Waals surface area contributed by atoms with Crippen LogP contribution in [0.5, 0.6) is 5.75 Å². The maximum atomic E-state index is 12.1. The van der Waals surface area contributed by atoms with Gasteiger partial charge in [0.15, 0.2) is 0 Å². The Balaban J connectivity index is 2.70. The van der Waals surface area contributed by atoms with E-state index in [1.807, 2.05) is 6.92 Å². The molecule has 0 aromatic heterocycles. The van der Waals surface area contributed by atoms with Crippen molar-refractivity contribution in [3.8, 4) is 5.75 Å². The van der Waals surface area contributed by atoms with Crippen LogP contribution in [-0.2, 0) is 0 Å². The van der Waals surface area contributed by atoms with Crippen LogP contribution in [0.2, 0.25) is 0 Å². The summed E-state index contributed by atoms with van der Waals surface area (Å²) in [4.78, 5) is 11.9. The molecule has 1 aromatic carbocycles. The Morgan fingerprint density at radius 3 is 2.79 bits per heavy atom. The summed E-state index contributed by atoms with van der Waals surface area (Å²) in [6.45, 7) is -1.05. The van der Waals surface area contributed by atoms with Gasteiger partial charge in [-0.2, -0.15) is 8.78 Å². The van der Waals surface area contributed by atoms with Gasteiger partial charge in [-0.05, 0) is 31.0 Å². The van der Waals surface area contributed by atoms with Gasteiger partial charge in [0.05, 0.1) is 0 Å². The highest BCUT2D eigenvalue weighted by molar-refractivity contribution is 5.94. The molecule has 1 amide bonds. The summed E-state index contributed by atoms with van der Waals surface area (Å²) in [7, 11) is 0. The number of ether oxygens (including phenoxy) is 1. The third-order valence-electron chi connectivity index (χ3n) is 2.63. The summed E-state index contributed by atoms with van der Waals surface area (Å²) in [5.41, 5.74) is 0.245. The number of nitrogens with one attached hydrogen (secondary N) is 1. The number of carbonyl (C=O) groups is 1. The van der Waals surface area contributed by atoms with Crippen molar-refractivity contribution < 1.29 is 23.4 Å². The molecule has 1 atom stereocenters. The number of amides is 1. The van der Waals surface area contributed by atoms with Crippen LogP contribution in [0, 0.1) is 0 Å². The zero-order chi connectivity index (χ0) is 14.3. The van der Waals surface area contributed by atoms with Crippen molar-refractivity contribution in [2.75, 3.05) is 6.61 Å². The number of aliphatic hydroxyl groups is 1. The second kappa shape index (κ2) is 7.68. The molecule has 0 heterocycles. The lowest BCUT2D eigenvalue weighted by molar-refractivity contribution is -0.0498. The van der Waals surface area contributed by atoms with Gasteiger partial charge < -0.3 is 15.2 Å². The Morgan fingerprint density at radius 1 is 1.47 bits per heavy atom. The van der Waals surface area contributed by atoms with Gasteiger partial charge in [-0.1, -0.05) is 13.0 Å². The average molecular weight is 273 g/mol. The maximum Gasteiger partial charge on any atom is 0.387 e. The molecule has 0 aliphatic carbocycles. The van der Waals surface area contributed by atoms with Crippen LogP contribution in [-0.4, -0.2) is 30.3 Å². The summed E-state index contributed by atoms with van der Waals surface area (Å²) in [6.07, 6.45) is 1.13. The second-order valence-electron chi connectivity index (χ2n) is 4.00. The number of carbonyl (C=O) groups excluding carboxylic acids is 1. The van der Waals surface area contributed by atoms with Gasteiger partial charge in [0.1, 0.15) is 5.75 Å². The quantitative estimate of drug-likeness (QED) is 0.800. The fourth-order valence-electron chi connectivity index (χ4n) is 1.62. The molecule has 4 nitrogen and oxygen atoms in total. The standard InChI is InChI=1S/C13H17F2NO3/c1-2-10(6-7-17)16-12(18)9-4-3-5-11(8-9)19-13(14)15/h3-5,8,10,13,17H,2,6-7H2,1H3,(H,16,18). The van der Waals surface area contributed by atoms with E-state index >= 15 is 0 Å². The number of alkyl halides is 2. The van der Waals surface area contributed by atoms with E-state index < -0.39 is 6.61 Å². The fourth-order valence-corrected chi connectivity index (χ4v) is 1.62. The van der Waals surface area contributed by atoms with Gasteiger partial charge in [0.25, 0.3) is 5.91 Å². The lowest BCUT2D eigenvalue weighted by atomic mass is 10.1. The molecule has 0 fully saturated rings. The van der Waals surface area contributed by atoms with Crippen LogP contribution in [0.3, 0.4) is 0 Å². The van der Waals surface area contributed by atoms with Crippen LogP contribution >= 0.6 is 0 Å². The summed E-state index contributed by atoms with van der Waals surface area (Å²) >= 11 is 0. The smallest absolute Gasteiger partial charge is 0.387 e. The van der Waals surface area contributed by atoms with Crippen molar-refractivity contribution >= 4 is 5.91 Å². The molecule has 2 N–H and O–H groups in total. The molecule has 6 heteroatoms. The number of benzene rings is 1. The number of rotatable bonds is 7. The molecule has 0 saturated carbocycles.